The standard InChI is InChI=1S/C18H23N3O7/c1-20(10-15(22)27-2)16(23)13-8-21(18(25)26)9-14(13)19-17(24)28-11-12-6-4-3-5-7-12/h3-7,13-14H,8-11H2,1-2H3,(H,19,24)(H,25,26). The number of ether oxygens (including phenoxy) is 2. The van der Waals surface area contributed by atoms with Crippen LogP contribution in [0, 0.1) is 5.92 Å². The Kier molecular flexibility index (Phi) is 7.19. The minimum absolute atomic E-state index is 0.0445. The van der Waals surface area contributed by atoms with E-state index in [1.165, 1.54) is 14.2 Å². The third-order valence-corrected chi connectivity index (χ3v) is 4.39. The summed E-state index contributed by atoms with van der Waals surface area (Å²) in [5, 5.41) is 11.8. The first-order chi connectivity index (χ1) is 13.3. The summed E-state index contributed by atoms with van der Waals surface area (Å²) in [6.07, 6.45) is -1.95. The van der Waals surface area contributed by atoms with Crippen molar-refractivity contribution in [3.05, 3.63) is 35.9 Å². The van der Waals surface area contributed by atoms with Crippen LogP contribution in [0.5, 0.6) is 0 Å². The smallest absolute Gasteiger partial charge is 0.407 e. The summed E-state index contributed by atoms with van der Waals surface area (Å²) in [4.78, 5) is 49.6. The summed E-state index contributed by atoms with van der Waals surface area (Å²) in [6, 6.07) is 8.27. The Bertz CT molecular complexity index is 725. The molecule has 2 N–H and O–H groups in total. The van der Waals surface area contributed by atoms with Gasteiger partial charge in [-0.3, -0.25) is 9.59 Å². The molecule has 2 unspecified atom stereocenters. The van der Waals surface area contributed by atoms with Crippen LogP contribution in [-0.4, -0.2) is 78.8 Å². The zero-order valence-electron chi connectivity index (χ0n) is 15.7. The molecule has 0 radical (unpaired) electrons. The van der Waals surface area contributed by atoms with Gasteiger partial charge in [0.1, 0.15) is 13.2 Å². The number of alkyl carbamates (subject to hydrolysis) is 1. The van der Waals surface area contributed by atoms with Gasteiger partial charge < -0.3 is 29.7 Å². The highest BCUT2D eigenvalue weighted by molar-refractivity contribution is 5.85. The lowest BCUT2D eigenvalue weighted by atomic mass is 10.0. The first-order valence-corrected chi connectivity index (χ1v) is 8.58. The van der Waals surface area contributed by atoms with E-state index in [1.54, 1.807) is 12.1 Å². The number of nitrogens with one attached hydrogen (secondary N) is 1. The number of rotatable bonds is 6. The number of methoxy groups -OCH3 is 1. The molecule has 152 valence electrons. The summed E-state index contributed by atoms with van der Waals surface area (Å²) in [6.45, 7) is -0.380. The number of benzene rings is 1. The number of carbonyl (C=O) groups is 4. The van der Waals surface area contributed by atoms with Crippen LogP contribution in [-0.2, 0) is 25.7 Å². The highest BCUT2D eigenvalue weighted by Crippen LogP contribution is 2.20. The number of nitrogens with zero attached hydrogens (tertiary/aromatic N) is 2. The number of carbonyl (C=O) groups excluding carboxylic acids is 3. The fourth-order valence-electron chi connectivity index (χ4n) is 2.89. The fraction of sp³-hybridized carbons (Fsp3) is 0.444. The van der Waals surface area contributed by atoms with Crippen molar-refractivity contribution in [3.63, 3.8) is 0 Å². The van der Waals surface area contributed by atoms with Crippen molar-refractivity contribution < 1.29 is 33.8 Å². The first-order valence-electron chi connectivity index (χ1n) is 8.58. The van der Waals surface area contributed by atoms with Crippen LogP contribution < -0.4 is 5.32 Å². The van der Waals surface area contributed by atoms with Crippen LogP contribution in [0.15, 0.2) is 30.3 Å². The molecule has 2 atom stereocenters. The molecule has 1 saturated heterocycles. The Labute approximate surface area is 162 Å². The second kappa shape index (κ2) is 9.58. The van der Waals surface area contributed by atoms with Crippen molar-refractivity contribution >= 4 is 24.1 Å². The normalized spacial score (nSPS) is 18.3. The third-order valence-electron chi connectivity index (χ3n) is 4.39. The minimum atomic E-state index is -1.20. The molecule has 1 aromatic rings. The van der Waals surface area contributed by atoms with Gasteiger partial charge in [-0.2, -0.15) is 0 Å². The van der Waals surface area contributed by atoms with Gasteiger partial charge in [0.05, 0.1) is 19.1 Å². The molecule has 1 aliphatic rings. The Morgan fingerprint density at radius 1 is 1.21 bits per heavy atom. The maximum Gasteiger partial charge on any atom is 0.407 e. The largest absolute Gasteiger partial charge is 0.468 e. The number of hydrogen-bond acceptors (Lipinski definition) is 6. The molecule has 28 heavy (non-hydrogen) atoms. The predicted octanol–water partition coefficient (Wildman–Crippen LogP) is 0.523. The topological polar surface area (TPSA) is 125 Å². The average Bonchev–Trinajstić information content (AvgIpc) is 3.10. The van der Waals surface area contributed by atoms with Crippen molar-refractivity contribution in [3.8, 4) is 0 Å². The molecule has 10 nitrogen and oxygen atoms in total. The third kappa shape index (κ3) is 5.60. The minimum Gasteiger partial charge on any atom is -0.468 e. The summed E-state index contributed by atoms with van der Waals surface area (Å²) < 4.78 is 9.67. The number of likely N-dealkylation sites (tertiary alicyclic amines) is 1. The molecule has 0 saturated carbocycles. The van der Waals surface area contributed by atoms with E-state index < -0.39 is 36.0 Å². The molecule has 0 aliphatic carbocycles. The molecule has 10 heteroatoms. The second-order valence-electron chi connectivity index (χ2n) is 6.38. The van der Waals surface area contributed by atoms with Gasteiger partial charge in [-0.25, -0.2) is 9.59 Å². The zero-order valence-corrected chi connectivity index (χ0v) is 15.7. The second-order valence-corrected chi connectivity index (χ2v) is 6.38. The van der Waals surface area contributed by atoms with Gasteiger partial charge >= 0.3 is 18.2 Å². The van der Waals surface area contributed by atoms with Crippen LogP contribution >= 0.6 is 0 Å². The van der Waals surface area contributed by atoms with Gasteiger partial charge in [0.25, 0.3) is 0 Å². The Balaban J connectivity index is 1.99. The first kappa shape index (κ1) is 21.0. The fourth-order valence-corrected chi connectivity index (χ4v) is 2.89. The van der Waals surface area contributed by atoms with E-state index in [-0.39, 0.29) is 26.2 Å². The van der Waals surface area contributed by atoms with Gasteiger partial charge in [-0.05, 0) is 5.56 Å². The molecule has 1 aliphatic heterocycles. The molecule has 2 rings (SSSR count). The maximum atomic E-state index is 12.6. The van der Waals surface area contributed by atoms with Gasteiger partial charge in [-0.1, -0.05) is 30.3 Å². The Hall–Kier alpha value is -3.30. The lowest BCUT2D eigenvalue weighted by Gasteiger charge is -2.23. The molecule has 0 spiro atoms. The monoisotopic (exact) mass is 393 g/mol. The highest BCUT2D eigenvalue weighted by Gasteiger charge is 2.42. The SMILES string of the molecule is COC(=O)CN(C)C(=O)C1CN(C(=O)O)CC1NC(=O)OCc1ccccc1. The lowest BCUT2D eigenvalue weighted by molar-refractivity contribution is -0.147. The number of hydrogen-bond donors (Lipinski definition) is 2. The quantitative estimate of drug-likeness (QED) is 0.675. The van der Waals surface area contributed by atoms with E-state index in [0.717, 1.165) is 15.4 Å². The number of amides is 3. The van der Waals surface area contributed by atoms with Crippen molar-refractivity contribution in [1.29, 1.82) is 0 Å². The van der Waals surface area contributed by atoms with Gasteiger partial charge in [0, 0.05) is 20.1 Å². The van der Waals surface area contributed by atoms with E-state index in [0.29, 0.717) is 0 Å². The Morgan fingerprint density at radius 3 is 2.50 bits per heavy atom. The molecule has 0 aromatic heterocycles. The van der Waals surface area contributed by atoms with Crippen LogP contribution in [0.25, 0.3) is 0 Å². The molecule has 1 heterocycles. The van der Waals surface area contributed by atoms with Gasteiger partial charge in [-0.15, -0.1) is 0 Å². The molecule has 3 amide bonds. The van der Waals surface area contributed by atoms with Crippen LogP contribution in [0.3, 0.4) is 0 Å². The average molecular weight is 393 g/mol. The number of carboxylic acid groups (broad SMARTS) is 1. The van der Waals surface area contributed by atoms with Crippen molar-refractivity contribution in [2.45, 2.75) is 12.6 Å². The summed E-state index contributed by atoms with van der Waals surface area (Å²) in [5.74, 6) is -1.91. The maximum absolute atomic E-state index is 12.6. The van der Waals surface area contributed by atoms with Crippen molar-refractivity contribution in [2.75, 3.05) is 33.8 Å². The summed E-state index contributed by atoms with van der Waals surface area (Å²) >= 11 is 0. The summed E-state index contributed by atoms with van der Waals surface area (Å²) in [5.41, 5.74) is 0.793. The molecule has 1 aromatic carbocycles. The highest BCUT2D eigenvalue weighted by atomic mass is 16.5. The summed E-state index contributed by atoms with van der Waals surface area (Å²) in [7, 11) is 2.61. The number of esters is 1. The zero-order chi connectivity index (χ0) is 20.7. The molecule has 1 fully saturated rings. The molecular weight excluding hydrogens is 370 g/mol. The van der Waals surface area contributed by atoms with E-state index in [9.17, 15) is 24.3 Å². The van der Waals surface area contributed by atoms with Crippen molar-refractivity contribution in [1.82, 2.24) is 15.1 Å². The number of likely N-dealkylation sites (N-methyl/N-ethyl adjacent to an activating group) is 1. The van der Waals surface area contributed by atoms with Crippen molar-refractivity contribution in [2.24, 2.45) is 5.92 Å². The van der Waals surface area contributed by atoms with E-state index in [2.05, 4.69) is 10.1 Å². The van der Waals surface area contributed by atoms with E-state index in [1.807, 2.05) is 18.2 Å². The van der Waals surface area contributed by atoms with Gasteiger partial charge in [0.15, 0.2) is 0 Å². The molecule has 0 bridgehead atoms. The molecular formula is C18H23N3O7. The Morgan fingerprint density at radius 2 is 1.89 bits per heavy atom. The van der Waals surface area contributed by atoms with Gasteiger partial charge in [0.2, 0.25) is 5.91 Å². The van der Waals surface area contributed by atoms with Crippen LogP contribution in [0.1, 0.15) is 5.56 Å². The predicted molar refractivity (Wildman–Crippen MR) is 96.3 cm³/mol. The van der Waals surface area contributed by atoms with Crippen LogP contribution in [0.4, 0.5) is 9.59 Å². The van der Waals surface area contributed by atoms with E-state index in [4.69, 9.17) is 4.74 Å². The van der Waals surface area contributed by atoms with Crippen LogP contribution in [0.2, 0.25) is 0 Å². The lowest BCUT2D eigenvalue weighted by Crippen LogP contribution is -2.47. The van der Waals surface area contributed by atoms with E-state index >= 15 is 0 Å².